The van der Waals surface area contributed by atoms with E-state index >= 15 is 0 Å². The van der Waals surface area contributed by atoms with E-state index in [0.717, 1.165) is 0 Å². The number of aliphatic hydroxyl groups is 1. The molecule has 1 aliphatic heterocycles. The Hall–Kier alpha value is -1.50. The van der Waals surface area contributed by atoms with Gasteiger partial charge in [0.2, 0.25) is 0 Å². The molecule has 2 N–H and O–H groups in total. The van der Waals surface area contributed by atoms with E-state index in [1.54, 1.807) is 0 Å². The Bertz CT molecular complexity index is 661. The van der Waals surface area contributed by atoms with Crippen LogP contribution in [-0.4, -0.2) is 33.9 Å². The molecule has 0 radical (unpaired) electrons. The molecule has 5 nitrogen and oxygen atoms in total. The molecule has 3 rings (SSSR count). The molecule has 7 heteroatoms. The van der Waals surface area contributed by atoms with E-state index < -0.39 is 11.9 Å². The first-order chi connectivity index (χ1) is 8.66. The van der Waals surface area contributed by atoms with Gasteiger partial charge in [-0.15, -0.1) is 12.4 Å². The van der Waals surface area contributed by atoms with Crippen molar-refractivity contribution in [3.05, 3.63) is 40.7 Å². The summed E-state index contributed by atoms with van der Waals surface area (Å²) in [5.74, 6) is -0.422. The van der Waals surface area contributed by atoms with Gasteiger partial charge < -0.3 is 10.4 Å². The largest absolute Gasteiger partial charge is 0.390 e. The molecular formula is C12H13ClFN3O2. The van der Waals surface area contributed by atoms with Crippen LogP contribution in [0.4, 0.5) is 4.39 Å². The Labute approximate surface area is 114 Å². The highest BCUT2D eigenvalue weighted by Gasteiger charge is 2.27. The third-order valence-corrected chi connectivity index (χ3v) is 3.25. The number of nitrogens with zero attached hydrogens (tertiary/aromatic N) is 2. The number of aromatic nitrogens is 2. The van der Waals surface area contributed by atoms with Gasteiger partial charge in [0.05, 0.1) is 29.4 Å². The molecule has 2 heterocycles. The van der Waals surface area contributed by atoms with Crippen molar-refractivity contribution < 1.29 is 9.50 Å². The number of hydrogen-bond acceptors (Lipinski definition) is 4. The van der Waals surface area contributed by atoms with Crippen molar-refractivity contribution >= 4 is 23.3 Å². The highest BCUT2D eigenvalue weighted by Crippen LogP contribution is 2.15. The number of rotatable bonds is 1. The van der Waals surface area contributed by atoms with Crippen molar-refractivity contribution in [3.8, 4) is 0 Å². The third-order valence-electron chi connectivity index (χ3n) is 3.25. The second-order valence-electron chi connectivity index (χ2n) is 4.41. The van der Waals surface area contributed by atoms with Crippen LogP contribution in [0.1, 0.15) is 6.04 Å². The van der Waals surface area contributed by atoms with E-state index in [1.165, 1.54) is 29.1 Å². The highest BCUT2D eigenvalue weighted by molar-refractivity contribution is 5.85. The summed E-state index contributed by atoms with van der Waals surface area (Å²) < 4.78 is 14.4. The van der Waals surface area contributed by atoms with Crippen LogP contribution < -0.4 is 10.9 Å². The Morgan fingerprint density at radius 1 is 1.42 bits per heavy atom. The standard InChI is InChI=1S/C12H12FN3O2.ClH/c13-7-1-2-8-9(3-7)15-6-16(12(8)18)10-4-14-5-11(10)17;/h1-3,6,10-11,14,17H,4-5H2;1H/t10-,11-;/m1./s1. The minimum absolute atomic E-state index is 0. The molecule has 1 saturated heterocycles. The topological polar surface area (TPSA) is 67.2 Å². The summed E-state index contributed by atoms with van der Waals surface area (Å²) in [6.07, 6.45) is 0.757. The van der Waals surface area contributed by atoms with Gasteiger partial charge in [0.15, 0.2) is 0 Å². The van der Waals surface area contributed by atoms with E-state index in [-0.39, 0.29) is 24.0 Å². The maximum absolute atomic E-state index is 13.0. The van der Waals surface area contributed by atoms with E-state index in [0.29, 0.717) is 24.0 Å². The molecule has 0 spiro atoms. The minimum atomic E-state index is -0.609. The lowest BCUT2D eigenvalue weighted by molar-refractivity contribution is 0.149. The van der Waals surface area contributed by atoms with Crippen molar-refractivity contribution in [2.24, 2.45) is 0 Å². The van der Waals surface area contributed by atoms with Gasteiger partial charge in [0, 0.05) is 19.2 Å². The van der Waals surface area contributed by atoms with Crippen LogP contribution in [0.15, 0.2) is 29.3 Å². The first-order valence-corrected chi connectivity index (χ1v) is 5.72. The van der Waals surface area contributed by atoms with E-state index in [2.05, 4.69) is 10.3 Å². The fourth-order valence-corrected chi connectivity index (χ4v) is 2.28. The SMILES string of the molecule is Cl.O=c1c2ccc(F)cc2ncn1[C@@H]1CNC[C@H]1O. The zero-order chi connectivity index (χ0) is 12.7. The van der Waals surface area contributed by atoms with Gasteiger partial charge in [-0.1, -0.05) is 0 Å². The van der Waals surface area contributed by atoms with Gasteiger partial charge in [-0.05, 0) is 12.1 Å². The fourth-order valence-electron chi connectivity index (χ4n) is 2.28. The van der Waals surface area contributed by atoms with Gasteiger partial charge in [-0.25, -0.2) is 9.37 Å². The third kappa shape index (κ3) is 2.34. The maximum Gasteiger partial charge on any atom is 0.261 e. The Morgan fingerprint density at radius 3 is 2.89 bits per heavy atom. The molecule has 1 aromatic carbocycles. The van der Waals surface area contributed by atoms with Crippen LogP contribution in [-0.2, 0) is 0 Å². The number of halogens is 2. The van der Waals surface area contributed by atoms with Gasteiger partial charge in [0.1, 0.15) is 5.82 Å². The van der Waals surface area contributed by atoms with Gasteiger partial charge in [-0.2, -0.15) is 0 Å². The molecule has 0 aliphatic carbocycles. The van der Waals surface area contributed by atoms with E-state index in [1.807, 2.05) is 0 Å². The van der Waals surface area contributed by atoms with Crippen molar-refractivity contribution in [1.29, 1.82) is 0 Å². The summed E-state index contributed by atoms with van der Waals surface area (Å²) in [5.41, 5.74) is 0.0736. The van der Waals surface area contributed by atoms with Gasteiger partial charge >= 0.3 is 0 Å². The molecule has 19 heavy (non-hydrogen) atoms. The van der Waals surface area contributed by atoms with Crippen molar-refractivity contribution in [1.82, 2.24) is 14.9 Å². The highest BCUT2D eigenvalue weighted by atomic mass is 35.5. The summed E-state index contributed by atoms with van der Waals surface area (Å²) in [6.45, 7) is 0.980. The molecule has 0 unspecified atom stereocenters. The predicted molar refractivity (Wildman–Crippen MR) is 71.1 cm³/mol. The van der Waals surface area contributed by atoms with Crippen molar-refractivity contribution in [2.75, 3.05) is 13.1 Å². The molecule has 1 aromatic heterocycles. The fraction of sp³-hybridized carbons (Fsp3) is 0.333. The molecular weight excluding hydrogens is 273 g/mol. The summed E-state index contributed by atoms with van der Waals surface area (Å²) >= 11 is 0. The lowest BCUT2D eigenvalue weighted by atomic mass is 10.2. The molecule has 0 amide bonds. The molecule has 0 saturated carbocycles. The number of benzene rings is 1. The molecule has 0 bridgehead atoms. The lowest BCUT2D eigenvalue weighted by Crippen LogP contribution is -2.31. The van der Waals surface area contributed by atoms with E-state index in [9.17, 15) is 14.3 Å². The molecule has 102 valence electrons. The zero-order valence-corrected chi connectivity index (χ0v) is 10.7. The van der Waals surface area contributed by atoms with Crippen LogP contribution in [0, 0.1) is 5.82 Å². The summed E-state index contributed by atoms with van der Waals surface area (Å²) in [6, 6.07) is 3.56. The van der Waals surface area contributed by atoms with Crippen LogP contribution in [0.2, 0.25) is 0 Å². The lowest BCUT2D eigenvalue weighted by Gasteiger charge is -2.16. The number of β-amino-alcohol motifs (C(OH)–C–C–N with tert-alkyl or cyclic N) is 1. The quantitative estimate of drug-likeness (QED) is 0.799. The first-order valence-electron chi connectivity index (χ1n) is 5.72. The average molecular weight is 286 g/mol. The Kier molecular flexibility index (Phi) is 3.84. The van der Waals surface area contributed by atoms with E-state index in [4.69, 9.17) is 0 Å². The minimum Gasteiger partial charge on any atom is -0.390 e. The summed E-state index contributed by atoms with van der Waals surface area (Å²) in [4.78, 5) is 16.3. The number of aliphatic hydroxyl groups excluding tert-OH is 1. The summed E-state index contributed by atoms with van der Waals surface area (Å²) in [7, 11) is 0. The zero-order valence-electron chi connectivity index (χ0n) is 9.91. The Morgan fingerprint density at radius 2 is 2.21 bits per heavy atom. The summed E-state index contributed by atoms with van der Waals surface area (Å²) in [5, 5.41) is 13.1. The monoisotopic (exact) mass is 285 g/mol. The second kappa shape index (κ2) is 5.24. The van der Waals surface area contributed by atoms with Crippen LogP contribution >= 0.6 is 12.4 Å². The molecule has 1 aliphatic rings. The average Bonchev–Trinajstić information content (AvgIpc) is 2.76. The molecule has 2 atom stereocenters. The van der Waals surface area contributed by atoms with Crippen LogP contribution in [0.3, 0.4) is 0 Å². The van der Waals surface area contributed by atoms with Crippen molar-refractivity contribution in [3.63, 3.8) is 0 Å². The molecule has 2 aromatic rings. The maximum atomic E-state index is 13.0. The smallest absolute Gasteiger partial charge is 0.261 e. The number of nitrogens with one attached hydrogen (secondary N) is 1. The van der Waals surface area contributed by atoms with Gasteiger partial charge in [-0.3, -0.25) is 9.36 Å². The molecule has 1 fully saturated rings. The second-order valence-corrected chi connectivity index (χ2v) is 4.41. The normalized spacial score (nSPS) is 22.4. The van der Waals surface area contributed by atoms with Crippen LogP contribution in [0.5, 0.6) is 0 Å². The van der Waals surface area contributed by atoms with Crippen LogP contribution in [0.25, 0.3) is 10.9 Å². The number of hydrogen-bond donors (Lipinski definition) is 2. The van der Waals surface area contributed by atoms with Gasteiger partial charge in [0.25, 0.3) is 5.56 Å². The first kappa shape index (κ1) is 13.9. The van der Waals surface area contributed by atoms with Crippen molar-refractivity contribution in [2.45, 2.75) is 12.1 Å². The number of fused-ring (bicyclic) bond motifs is 1. The predicted octanol–water partition coefficient (Wildman–Crippen LogP) is 0.463. The Balaban J connectivity index is 0.00000133.